The molecule has 0 aliphatic heterocycles. The Morgan fingerprint density at radius 3 is 2.46 bits per heavy atom. The van der Waals surface area contributed by atoms with Gasteiger partial charge in [0.05, 0.1) is 11.3 Å². The molecule has 0 atom stereocenters. The molecule has 3 N–H and O–H groups in total. The van der Waals surface area contributed by atoms with Gasteiger partial charge in [-0.1, -0.05) is 38.1 Å². The van der Waals surface area contributed by atoms with Crippen LogP contribution in [0, 0.1) is 6.92 Å². The third-order valence-electron chi connectivity index (χ3n) is 4.54. The molecule has 0 spiro atoms. The summed E-state index contributed by atoms with van der Waals surface area (Å²) in [4.78, 5) is 36.1. The number of aryl methyl sites for hydroxylation is 1. The van der Waals surface area contributed by atoms with Crippen LogP contribution in [-0.4, -0.2) is 24.8 Å². The van der Waals surface area contributed by atoms with E-state index < -0.39 is 11.9 Å². The van der Waals surface area contributed by atoms with E-state index in [0.29, 0.717) is 36.5 Å². The van der Waals surface area contributed by atoms with Crippen molar-refractivity contribution in [2.45, 2.75) is 40.2 Å². The van der Waals surface area contributed by atoms with Crippen molar-refractivity contribution >= 4 is 23.9 Å². The number of aldehydes is 1. The Morgan fingerprint density at radius 1 is 1.11 bits per heavy atom. The average molecular weight is 381 g/mol. The molecule has 0 saturated carbocycles. The molecule has 3 amide bonds. The summed E-state index contributed by atoms with van der Waals surface area (Å²) in [5.41, 5.74) is 4.35. The van der Waals surface area contributed by atoms with E-state index in [0.717, 1.165) is 11.1 Å². The van der Waals surface area contributed by atoms with E-state index in [1.807, 2.05) is 32.0 Å². The molecule has 0 saturated heterocycles. The topological polar surface area (TPSA) is 87.3 Å². The van der Waals surface area contributed by atoms with Gasteiger partial charge in [0.1, 0.15) is 0 Å². The first kappa shape index (κ1) is 21.2. The summed E-state index contributed by atoms with van der Waals surface area (Å²) in [5, 5.41) is 8.11. The van der Waals surface area contributed by atoms with E-state index in [9.17, 15) is 14.4 Å². The minimum atomic E-state index is -0.582. The van der Waals surface area contributed by atoms with Crippen LogP contribution in [0.3, 0.4) is 0 Å². The van der Waals surface area contributed by atoms with Crippen molar-refractivity contribution in [2.75, 3.05) is 11.9 Å². The lowest BCUT2D eigenvalue weighted by Gasteiger charge is -2.16. The van der Waals surface area contributed by atoms with E-state index in [2.05, 4.69) is 29.8 Å². The molecule has 0 aliphatic rings. The van der Waals surface area contributed by atoms with Crippen molar-refractivity contribution in [1.29, 1.82) is 0 Å². The quantitative estimate of drug-likeness (QED) is 0.633. The van der Waals surface area contributed by atoms with Crippen LogP contribution >= 0.6 is 0 Å². The first-order valence-corrected chi connectivity index (χ1v) is 9.38. The molecular formula is C22H27N3O3. The lowest BCUT2D eigenvalue weighted by molar-refractivity contribution is 0.0964. The van der Waals surface area contributed by atoms with Crippen molar-refractivity contribution in [2.24, 2.45) is 0 Å². The molecule has 0 radical (unpaired) electrons. The Labute approximate surface area is 165 Å². The number of carbonyl (C=O) groups is 3. The Bertz CT molecular complexity index is 875. The van der Waals surface area contributed by atoms with Crippen LogP contribution in [0.2, 0.25) is 0 Å². The monoisotopic (exact) mass is 381 g/mol. The molecule has 6 nitrogen and oxygen atoms in total. The molecule has 28 heavy (non-hydrogen) atoms. The molecule has 2 aromatic carbocycles. The number of nitrogens with one attached hydrogen (secondary N) is 3. The van der Waals surface area contributed by atoms with Gasteiger partial charge in [0, 0.05) is 18.7 Å². The van der Waals surface area contributed by atoms with Gasteiger partial charge in [-0.25, -0.2) is 4.79 Å². The molecule has 0 aliphatic carbocycles. The van der Waals surface area contributed by atoms with E-state index in [1.165, 1.54) is 5.56 Å². The van der Waals surface area contributed by atoms with Crippen LogP contribution in [0.4, 0.5) is 10.5 Å². The molecule has 0 heterocycles. The maximum Gasteiger partial charge on any atom is 0.321 e. The van der Waals surface area contributed by atoms with Crippen LogP contribution in [-0.2, 0) is 6.54 Å². The second-order valence-corrected chi connectivity index (χ2v) is 6.85. The molecule has 0 unspecified atom stereocenters. The fourth-order valence-electron chi connectivity index (χ4n) is 3.12. The fourth-order valence-corrected chi connectivity index (χ4v) is 3.12. The normalized spacial score (nSPS) is 10.5. The molecule has 148 valence electrons. The van der Waals surface area contributed by atoms with Gasteiger partial charge in [-0.05, 0) is 48.6 Å². The highest BCUT2D eigenvalue weighted by atomic mass is 16.2. The van der Waals surface area contributed by atoms with Gasteiger partial charge in [-0.15, -0.1) is 0 Å². The number of hydrogen-bond donors (Lipinski definition) is 3. The molecule has 0 bridgehead atoms. The number of benzene rings is 2. The summed E-state index contributed by atoms with van der Waals surface area (Å²) in [6.45, 7) is 8.94. The van der Waals surface area contributed by atoms with Crippen LogP contribution in [0.1, 0.15) is 64.1 Å². The Hall–Kier alpha value is -3.15. The highest BCUT2D eigenvalue weighted by Crippen LogP contribution is 2.22. The zero-order chi connectivity index (χ0) is 20.7. The Balaban J connectivity index is 2.11. The van der Waals surface area contributed by atoms with Crippen LogP contribution < -0.4 is 16.0 Å². The number of imide groups is 1. The number of rotatable bonds is 7. The van der Waals surface area contributed by atoms with Crippen molar-refractivity contribution in [3.8, 4) is 0 Å². The maximum atomic E-state index is 12.5. The van der Waals surface area contributed by atoms with Gasteiger partial charge in [0.2, 0.25) is 0 Å². The van der Waals surface area contributed by atoms with Crippen molar-refractivity contribution in [1.82, 2.24) is 10.6 Å². The van der Waals surface area contributed by atoms with Crippen molar-refractivity contribution < 1.29 is 14.4 Å². The molecule has 2 aromatic rings. The summed E-state index contributed by atoms with van der Waals surface area (Å²) >= 11 is 0. The first-order valence-electron chi connectivity index (χ1n) is 9.38. The van der Waals surface area contributed by atoms with Gasteiger partial charge in [-0.3, -0.25) is 14.9 Å². The van der Waals surface area contributed by atoms with Crippen molar-refractivity contribution in [3.05, 3.63) is 64.2 Å². The average Bonchev–Trinajstić information content (AvgIpc) is 2.67. The van der Waals surface area contributed by atoms with E-state index in [1.54, 1.807) is 18.2 Å². The predicted octanol–water partition coefficient (Wildman–Crippen LogP) is 4.00. The highest BCUT2D eigenvalue weighted by Gasteiger charge is 2.17. The lowest BCUT2D eigenvalue weighted by atomic mass is 9.94. The van der Waals surface area contributed by atoms with Gasteiger partial charge in [-0.2, -0.15) is 0 Å². The number of carbonyl (C=O) groups excluding carboxylic acids is 3. The SMILES string of the molecule is CCNc1c(C=O)cccc1C(=O)NC(=O)NCc1c(C)cccc1C(C)C. The minimum Gasteiger partial charge on any atom is -0.384 e. The number of hydrogen-bond acceptors (Lipinski definition) is 4. The molecule has 0 fully saturated rings. The summed E-state index contributed by atoms with van der Waals surface area (Å²) in [7, 11) is 0. The van der Waals surface area contributed by atoms with Gasteiger partial charge in [0.15, 0.2) is 6.29 Å². The van der Waals surface area contributed by atoms with Gasteiger partial charge >= 0.3 is 6.03 Å². The Kier molecular flexibility index (Phi) is 7.32. The lowest BCUT2D eigenvalue weighted by Crippen LogP contribution is -2.39. The maximum absolute atomic E-state index is 12.5. The van der Waals surface area contributed by atoms with Crippen LogP contribution in [0.5, 0.6) is 0 Å². The summed E-state index contributed by atoms with van der Waals surface area (Å²) < 4.78 is 0. The second-order valence-electron chi connectivity index (χ2n) is 6.85. The van der Waals surface area contributed by atoms with E-state index in [4.69, 9.17) is 0 Å². The van der Waals surface area contributed by atoms with Crippen molar-refractivity contribution in [3.63, 3.8) is 0 Å². The number of anilines is 1. The predicted molar refractivity (Wildman–Crippen MR) is 111 cm³/mol. The number of para-hydroxylation sites is 1. The highest BCUT2D eigenvalue weighted by molar-refractivity contribution is 6.09. The number of amides is 3. The smallest absolute Gasteiger partial charge is 0.321 e. The van der Waals surface area contributed by atoms with Crippen LogP contribution in [0.15, 0.2) is 36.4 Å². The standard InChI is InChI=1S/C22H27N3O3/c1-5-23-20-16(13-26)9-7-11-18(20)21(27)25-22(28)24-12-19-15(4)8-6-10-17(19)14(2)3/h6-11,13-14,23H,5,12H2,1-4H3,(H2,24,25,27,28). The summed E-state index contributed by atoms with van der Waals surface area (Å²) in [6, 6.07) is 10.3. The second kappa shape index (κ2) is 9.69. The molecule has 6 heteroatoms. The third-order valence-corrected chi connectivity index (χ3v) is 4.54. The molecular weight excluding hydrogens is 354 g/mol. The fraction of sp³-hybridized carbons (Fsp3) is 0.318. The summed E-state index contributed by atoms with van der Waals surface area (Å²) in [6.07, 6.45) is 0.681. The first-order chi connectivity index (χ1) is 13.4. The van der Waals surface area contributed by atoms with Crippen LogP contribution in [0.25, 0.3) is 0 Å². The van der Waals surface area contributed by atoms with Gasteiger partial charge in [0.25, 0.3) is 5.91 Å². The number of urea groups is 1. The van der Waals surface area contributed by atoms with Gasteiger partial charge < -0.3 is 10.6 Å². The zero-order valence-corrected chi connectivity index (χ0v) is 16.8. The minimum absolute atomic E-state index is 0.250. The zero-order valence-electron chi connectivity index (χ0n) is 16.8. The molecule has 0 aromatic heterocycles. The van der Waals surface area contributed by atoms with E-state index in [-0.39, 0.29) is 5.56 Å². The summed E-state index contributed by atoms with van der Waals surface area (Å²) in [5.74, 6) is -0.235. The van der Waals surface area contributed by atoms with E-state index >= 15 is 0 Å². The Morgan fingerprint density at radius 2 is 1.82 bits per heavy atom. The molecule has 2 rings (SSSR count). The third kappa shape index (κ3) is 4.97. The largest absolute Gasteiger partial charge is 0.384 e.